The number of methoxy groups -OCH3 is 1. The first-order chi connectivity index (χ1) is 19.3. The summed E-state index contributed by atoms with van der Waals surface area (Å²) >= 11 is 0. The molecule has 2 N–H and O–H groups in total. The molecule has 4 aliphatic rings. The van der Waals surface area contributed by atoms with Crippen molar-refractivity contribution >= 4 is 12.1 Å². The molecule has 3 amide bonds. The van der Waals surface area contributed by atoms with Gasteiger partial charge >= 0.3 is 12.1 Å². The Bertz CT molecular complexity index is 979. The number of amides is 3. The van der Waals surface area contributed by atoms with Crippen LogP contribution in [-0.2, 0) is 25.4 Å². The van der Waals surface area contributed by atoms with E-state index in [0.717, 1.165) is 31.2 Å². The Kier molecular flexibility index (Phi) is 9.50. The minimum Gasteiger partial charge on any atom is -0.443 e. The monoisotopic (exact) mass is 559 g/mol. The van der Waals surface area contributed by atoms with Crippen LogP contribution in [0.1, 0.15) is 45.1 Å². The molecule has 1 saturated carbocycles. The van der Waals surface area contributed by atoms with Crippen molar-refractivity contribution in [3.8, 4) is 0 Å². The molecular weight excluding hydrogens is 514 g/mol. The van der Waals surface area contributed by atoms with Crippen LogP contribution in [-0.4, -0.2) is 104 Å². The number of ether oxygens (including phenoxy) is 4. The van der Waals surface area contributed by atoms with Crippen molar-refractivity contribution in [3.63, 3.8) is 0 Å². The normalized spacial score (nSPS) is 29.3. The molecular formula is C30H45N3O7. The molecule has 0 aromatic heterocycles. The third kappa shape index (κ3) is 6.90. The summed E-state index contributed by atoms with van der Waals surface area (Å²) in [5, 5.41) is 14.4. The summed E-state index contributed by atoms with van der Waals surface area (Å²) in [6.07, 6.45) is 1.66. The number of aliphatic hydroxyl groups is 1. The summed E-state index contributed by atoms with van der Waals surface area (Å²) in [5.41, 5.74) is 0.974. The number of carbonyl (C=O) groups is 2. The molecule has 10 nitrogen and oxygen atoms in total. The molecule has 5 unspecified atom stereocenters. The lowest BCUT2D eigenvalue weighted by atomic mass is 9.78. The molecule has 1 aliphatic carbocycles. The number of benzene rings is 1. The van der Waals surface area contributed by atoms with Gasteiger partial charge in [-0.2, -0.15) is 0 Å². The number of nitrogens with one attached hydrogen (secondary N) is 1. The standard InChI is InChI=1S/C30H45N3O7/c1-19(2)16-33(30(36)32-11-9-23(37-3)10-12-32)17-25(34)24(13-20-7-5-4-6-8-20)31-29(35)40-27-22-14-21-15-26(27)39-28(21)38-18-22/h4-8,19,21-28,34H,9-18H2,1-3H3,(H,31,35)/t21?,22?,24-,25+,26?,27?,28?/m0/s1. The van der Waals surface area contributed by atoms with Gasteiger partial charge in [-0.15, -0.1) is 0 Å². The van der Waals surface area contributed by atoms with Gasteiger partial charge in [0.2, 0.25) is 0 Å². The summed E-state index contributed by atoms with van der Waals surface area (Å²) in [4.78, 5) is 30.3. The molecule has 3 bridgehead atoms. The predicted octanol–water partition coefficient (Wildman–Crippen LogP) is 3.02. The second-order valence-corrected chi connectivity index (χ2v) is 12.2. The maximum atomic E-state index is 13.5. The third-order valence-electron chi connectivity index (χ3n) is 8.76. The smallest absolute Gasteiger partial charge is 0.407 e. The molecule has 3 heterocycles. The van der Waals surface area contributed by atoms with E-state index in [4.69, 9.17) is 18.9 Å². The van der Waals surface area contributed by atoms with E-state index in [9.17, 15) is 14.7 Å². The van der Waals surface area contributed by atoms with Crippen LogP contribution in [0.4, 0.5) is 9.59 Å². The molecule has 3 aliphatic heterocycles. The highest BCUT2D eigenvalue weighted by Crippen LogP contribution is 2.46. The quantitative estimate of drug-likeness (QED) is 0.454. The largest absolute Gasteiger partial charge is 0.443 e. The van der Waals surface area contributed by atoms with E-state index in [0.29, 0.717) is 38.6 Å². The number of likely N-dealkylation sites (tertiary alicyclic amines) is 1. The molecule has 7 atom stereocenters. The second-order valence-electron chi connectivity index (χ2n) is 12.2. The number of hydrogen-bond donors (Lipinski definition) is 2. The number of nitrogens with zero attached hydrogens (tertiary/aromatic N) is 2. The van der Waals surface area contributed by atoms with Crippen LogP contribution in [0.15, 0.2) is 30.3 Å². The first-order valence-electron chi connectivity index (χ1n) is 14.8. The summed E-state index contributed by atoms with van der Waals surface area (Å²) in [7, 11) is 1.71. The van der Waals surface area contributed by atoms with Crippen molar-refractivity contribution in [2.45, 2.75) is 82.7 Å². The van der Waals surface area contributed by atoms with Gasteiger partial charge in [0.05, 0.1) is 37.5 Å². The van der Waals surface area contributed by atoms with Gasteiger partial charge in [0.15, 0.2) is 6.29 Å². The minimum atomic E-state index is -0.996. The maximum Gasteiger partial charge on any atom is 0.407 e. The van der Waals surface area contributed by atoms with Gasteiger partial charge < -0.3 is 39.2 Å². The fraction of sp³-hybridized carbons (Fsp3) is 0.733. The molecule has 0 radical (unpaired) electrons. The van der Waals surface area contributed by atoms with Crippen molar-refractivity contribution in [1.82, 2.24) is 15.1 Å². The van der Waals surface area contributed by atoms with Crippen molar-refractivity contribution in [2.75, 3.05) is 39.9 Å². The van der Waals surface area contributed by atoms with Crippen LogP contribution in [0.25, 0.3) is 0 Å². The summed E-state index contributed by atoms with van der Waals surface area (Å²) in [6, 6.07) is 8.99. The number of rotatable bonds is 10. The number of hydrogen-bond acceptors (Lipinski definition) is 7. The number of carbonyl (C=O) groups excluding carboxylic acids is 2. The van der Waals surface area contributed by atoms with Gasteiger partial charge in [-0.1, -0.05) is 44.2 Å². The average Bonchev–Trinajstić information content (AvgIpc) is 3.25. The second kappa shape index (κ2) is 13.1. The Morgan fingerprint density at radius 3 is 2.58 bits per heavy atom. The van der Waals surface area contributed by atoms with Crippen LogP contribution in [0.5, 0.6) is 0 Å². The summed E-state index contributed by atoms with van der Waals surface area (Å²) in [6.45, 7) is 6.49. The Morgan fingerprint density at radius 1 is 1.12 bits per heavy atom. The van der Waals surface area contributed by atoms with Gasteiger partial charge in [-0.25, -0.2) is 9.59 Å². The highest BCUT2D eigenvalue weighted by Gasteiger charge is 2.53. The maximum absolute atomic E-state index is 13.5. The topological polar surface area (TPSA) is 110 Å². The zero-order chi connectivity index (χ0) is 28.2. The molecule has 1 aromatic rings. The van der Waals surface area contributed by atoms with Crippen LogP contribution in [0.3, 0.4) is 0 Å². The molecule has 10 heteroatoms. The first kappa shape index (κ1) is 29.1. The average molecular weight is 560 g/mol. The van der Waals surface area contributed by atoms with Crippen molar-refractivity contribution < 1.29 is 33.6 Å². The van der Waals surface area contributed by atoms with Crippen LogP contribution in [0.2, 0.25) is 0 Å². The molecule has 222 valence electrons. The fourth-order valence-corrected chi connectivity index (χ4v) is 6.69. The van der Waals surface area contributed by atoms with E-state index in [1.165, 1.54) is 0 Å². The molecule has 5 rings (SSSR count). The lowest BCUT2D eigenvalue weighted by molar-refractivity contribution is -0.153. The molecule has 4 fully saturated rings. The lowest BCUT2D eigenvalue weighted by Crippen LogP contribution is -2.55. The van der Waals surface area contributed by atoms with Crippen LogP contribution >= 0.6 is 0 Å². The summed E-state index contributed by atoms with van der Waals surface area (Å²) in [5.74, 6) is 0.716. The van der Waals surface area contributed by atoms with Crippen molar-refractivity contribution in [3.05, 3.63) is 35.9 Å². The zero-order valence-corrected chi connectivity index (χ0v) is 23.9. The van der Waals surface area contributed by atoms with E-state index in [-0.39, 0.29) is 49.0 Å². The Labute approximate surface area is 237 Å². The lowest BCUT2D eigenvalue weighted by Gasteiger charge is -2.38. The molecule has 1 aromatic carbocycles. The van der Waals surface area contributed by atoms with Gasteiger partial charge in [0.25, 0.3) is 0 Å². The third-order valence-corrected chi connectivity index (χ3v) is 8.76. The predicted molar refractivity (Wildman–Crippen MR) is 148 cm³/mol. The molecule has 0 spiro atoms. The van der Waals surface area contributed by atoms with Crippen molar-refractivity contribution in [2.24, 2.45) is 17.8 Å². The number of piperidine rings is 1. The van der Waals surface area contributed by atoms with Crippen LogP contribution in [0, 0.1) is 17.8 Å². The highest BCUT2D eigenvalue weighted by atomic mass is 16.7. The van der Waals surface area contributed by atoms with E-state index in [1.54, 1.807) is 12.0 Å². The fourth-order valence-electron chi connectivity index (χ4n) is 6.69. The minimum absolute atomic E-state index is 0.0886. The highest BCUT2D eigenvalue weighted by molar-refractivity contribution is 5.74. The van der Waals surface area contributed by atoms with Crippen molar-refractivity contribution in [1.29, 1.82) is 0 Å². The van der Waals surface area contributed by atoms with Crippen LogP contribution < -0.4 is 5.32 Å². The van der Waals surface area contributed by atoms with E-state index >= 15 is 0 Å². The molecule has 40 heavy (non-hydrogen) atoms. The van der Waals surface area contributed by atoms with E-state index in [2.05, 4.69) is 19.2 Å². The van der Waals surface area contributed by atoms with Gasteiger partial charge in [0, 0.05) is 38.6 Å². The number of urea groups is 1. The van der Waals surface area contributed by atoms with E-state index in [1.807, 2.05) is 35.2 Å². The number of aliphatic hydroxyl groups excluding tert-OH is 1. The van der Waals surface area contributed by atoms with Gasteiger partial charge in [0.1, 0.15) is 6.10 Å². The zero-order valence-electron chi connectivity index (χ0n) is 23.9. The Hall–Kier alpha value is -2.40. The number of fused-ring (bicyclic) bond motifs is 2. The van der Waals surface area contributed by atoms with E-state index < -0.39 is 18.2 Å². The first-order valence-corrected chi connectivity index (χ1v) is 14.8. The molecule has 3 saturated heterocycles. The Balaban J connectivity index is 1.25. The Morgan fingerprint density at radius 2 is 1.88 bits per heavy atom. The SMILES string of the molecule is COC1CCN(C(=O)N(CC(C)C)C[C@@H](O)[C@H](Cc2ccccc2)NC(=O)OC2C3COC4OC2CC4C3)CC1. The van der Waals surface area contributed by atoms with Gasteiger partial charge in [-0.3, -0.25) is 0 Å². The summed E-state index contributed by atoms with van der Waals surface area (Å²) < 4.78 is 23.2. The van der Waals surface area contributed by atoms with Gasteiger partial charge in [-0.05, 0) is 43.6 Å². The number of alkyl carbamates (subject to hydrolysis) is 1.